The van der Waals surface area contributed by atoms with Crippen molar-refractivity contribution in [2.75, 3.05) is 5.32 Å². The number of carbonyl (C=O) groups excluding carboxylic acids is 1. The highest BCUT2D eigenvalue weighted by molar-refractivity contribution is 7.18. The molecule has 0 aliphatic heterocycles. The first kappa shape index (κ1) is 19.1. The lowest BCUT2D eigenvalue weighted by Crippen LogP contribution is -2.34. The van der Waals surface area contributed by atoms with Crippen molar-refractivity contribution in [3.63, 3.8) is 0 Å². The van der Waals surface area contributed by atoms with Crippen LogP contribution in [0.1, 0.15) is 30.7 Å². The van der Waals surface area contributed by atoms with Gasteiger partial charge in [-0.2, -0.15) is 4.57 Å². The van der Waals surface area contributed by atoms with E-state index in [1.54, 1.807) is 0 Å². The maximum Gasteiger partial charge on any atom is 0.262 e. The number of aldehydes is 1. The van der Waals surface area contributed by atoms with Crippen molar-refractivity contribution in [1.82, 2.24) is 0 Å². The third kappa shape index (κ3) is 5.63. The molecule has 3 rings (SSSR count). The SMILES string of the molecule is O=CCCCCC[n+]1c(/C=C/C=C/Nc2ccccc2)sc2ccccc21. The average molecular weight is 378 g/mol. The predicted octanol–water partition coefficient (Wildman–Crippen LogP) is 5.59. The van der Waals surface area contributed by atoms with Crippen LogP contribution in [0.25, 0.3) is 16.3 Å². The van der Waals surface area contributed by atoms with Crippen molar-refractivity contribution in [2.45, 2.75) is 32.2 Å². The fourth-order valence-electron chi connectivity index (χ4n) is 2.95. The molecule has 0 unspecified atom stereocenters. The number of hydrogen-bond acceptors (Lipinski definition) is 3. The molecule has 0 fully saturated rings. The first-order valence-electron chi connectivity index (χ1n) is 9.38. The number of allylic oxidation sites excluding steroid dienone is 2. The summed E-state index contributed by atoms with van der Waals surface area (Å²) in [5, 5.41) is 4.51. The minimum Gasteiger partial charge on any atom is -0.362 e. The molecule has 0 bridgehead atoms. The molecule has 1 aromatic heterocycles. The molecule has 27 heavy (non-hydrogen) atoms. The van der Waals surface area contributed by atoms with Crippen molar-refractivity contribution in [3.8, 4) is 0 Å². The zero-order chi connectivity index (χ0) is 18.7. The average Bonchev–Trinajstić information content (AvgIpc) is 3.06. The second-order valence-corrected chi connectivity index (χ2v) is 7.37. The molecule has 0 saturated heterocycles. The van der Waals surface area contributed by atoms with Crippen LogP contribution < -0.4 is 9.88 Å². The van der Waals surface area contributed by atoms with Crippen LogP contribution in [0.5, 0.6) is 0 Å². The maximum atomic E-state index is 10.5. The summed E-state index contributed by atoms with van der Waals surface area (Å²) in [6, 6.07) is 18.7. The highest BCUT2D eigenvalue weighted by atomic mass is 32.1. The normalized spacial score (nSPS) is 11.6. The Hall–Kier alpha value is -2.72. The van der Waals surface area contributed by atoms with Crippen molar-refractivity contribution < 1.29 is 9.36 Å². The van der Waals surface area contributed by atoms with Gasteiger partial charge in [-0.3, -0.25) is 0 Å². The predicted molar refractivity (Wildman–Crippen MR) is 115 cm³/mol. The number of rotatable bonds is 10. The number of anilines is 1. The van der Waals surface area contributed by atoms with E-state index in [-0.39, 0.29) is 0 Å². The van der Waals surface area contributed by atoms with Gasteiger partial charge in [-0.15, -0.1) is 0 Å². The molecule has 0 spiro atoms. The topological polar surface area (TPSA) is 33.0 Å². The fourth-order valence-corrected chi connectivity index (χ4v) is 4.06. The first-order chi connectivity index (χ1) is 13.4. The molecule has 0 saturated carbocycles. The van der Waals surface area contributed by atoms with E-state index >= 15 is 0 Å². The Labute approximate surface area is 164 Å². The molecule has 1 heterocycles. The molecule has 3 nitrogen and oxygen atoms in total. The van der Waals surface area contributed by atoms with Gasteiger partial charge in [0.1, 0.15) is 11.0 Å². The van der Waals surface area contributed by atoms with Crippen molar-refractivity contribution >= 4 is 39.6 Å². The summed E-state index contributed by atoms with van der Waals surface area (Å²) in [6.45, 7) is 0.981. The second kappa shape index (κ2) is 10.4. The van der Waals surface area contributed by atoms with Crippen molar-refractivity contribution in [2.24, 2.45) is 0 Å². The van der Waals surface area contributed by atoms with E-state index in [2.05, 4.69) is 46.3 Å². The van der Waals surface area contributed by atoms with Gasteiger partial charge < -0.3 is 10.1 Å². The van der Waals surface area contributed by atoms with Gasteiger partial charge in [0.25, 0.3) is 5.01 Å². The molecule has 138 valence electrons. The smallest absolute Gasteiger partial charge is 0.262 e. The van der Waals surface area contributed by atoms with E-state index in [9.17, 15) is 4.79 Å². The van der Waals surface area contributed by atoms with E-state index in [0.717, 1.165) is 37.8 Å². The Morgan fingerprint density at radius 1 is 0.926 bits per heavy atom. The Morgan fingerprint density at radius 2 is 1.74 bits per heavy atom. The summed E-state index contributed by atoms with van der Waals surface area (Å²) in [6.07, 6.45) is 13.0. The molecule has 3 aromatic rings. The van der Waals surface area contributed by atoms with Crippen LogP contribution in [0.3, 0.4) is 0 Å². The van der Waals surface area contributed by atoms with Crippen LogP contribution in [0.4, 0.5) is 5.69 Å². The van der Waals surface area contributed by atoms with Crippen LogP contribution in [-0.2, 0) is 11.3 Å². The number of fused-ring (bicyclic) bond motifs is 1. The van der Waals surface area contributed by atoms with Crippen molar-refractivity contribution in [3.05, 3.63) is 78.0 Å². The number of thiazole rings is 1. The quantitative estimate of drug-likeness (QED) is 0.216. The van der Waals surface area contributed by atoms with Crippen LogP contribution in [0.15, 0.2) is 72.9 Å². The number of nitrogens with one attached hydrogen (secondary N) is 1. The van der Waals surface area contributed by atoms with E-state index in [0.29, 0.717) is 6.42 Å². The summed E-state index contributed by atoms with van der Waals surface area (Å²) >= 11 is 1.81. The number of benzene rings is 2. The number of unbranched alkanes of at least 4 members (excludes halogenated alkanes) is 3. The van der Waals surface area contributed by atoms with Crippen LogP contribution in [-0.4, -0.2) is 6.29 Å². The molecule has 4 heteroatoms. The zero-order valence-corrected chi connectivity index (χ0v) is 16.2. The number of para-hydroxylation sites is 2. The lowest BCUT2D eigenvalue weighted by Gasteiger charge is -1.98. The van der Waals surface area contributed by atoms with Gasteiger partial charge in [0.05, 0.1) is 0 Å². The Bertz CT molecular complexity index is 913. The summed E-state index contributed by atoms with van der Waals surface area (Å²) in [5.41, 5.74) is 2.36. The third-order valence-corrected chi connectivity index (χ3v) is 5.44. The van der Waals surface area contributed by atoms with Gasteiger partial charge in [0.2, 0.25) is 5.52 Å². The first-order valence-corrected chi connectivity index (χ1v) is 10.2. The summed E-state index contributed by atoms with van der Waals surface area (Å²) in [5.74, 6) is 0. The Kier molecular flexibility index (Phi) is 7.36. The van der Waals surface area contributed by atoms with Crippen molar-refractivity contribution in [1.29, 1.82) is 0 Å². The number of carbonyl (C=O) groups is 1. The molecular weight excluding hydrogens is 352 g/mol. The summed E-state index contributed by atoms with van der Waals surface area (Å²) < 4.78 is 3.69. The van der Waals surface area contributed by atoms with E-state index in [1.165, 1.54) is 15.2 Å². The molecule has 0 atom stereocenters. The standard InChI is InChI=1S/C23H24N2OS/c26-19-11-2-1-10-18-25-21-14-6-7-15-22(21)27-23(25)16-8-9-17-24-20-12-4-3-5-13-20/h3-9,12-17,19H,1-2,10-11,18H2/p+1. The molecular formula is C23H25N2OS+. The number of hydrogen-bond donors (Lipinski definition) is 1. The number of aryl methyl sites for hydroxylation is 1. The molecule has 0 amide bonds. The maximum absolute atomic E-state index is 10.5. The monoisotopic (exact) mass is 377 g/mol. The zero-order valence-electron chi connectivity index (χ0n) is 15.4. The van der Waals surface area contributed by atoms with Gasteiger partial charge in [0.15, 0.2) is 6.54 Å². The van der Waals surface area contributed by atoms with E-state index in [1.807, 2.05) is 53.9 Å². The molecule has 0 aliphatic rings. The fraction of sp³-hybridized carbons (Fsp3) is 0.217. The third-order valence-electron chi connectivity index (χ3n) is 4.31. The van der Waals surface area contributed by atoms with Gasteiger partial charge in [0, 0.05) is 36.9 Å². The largest absolute Gasteiger partial charge is 0.362 e. The highest BCUT2D eigenvalue weighted by Gasteiger charge is 2.17. The van der Waals surface area contributed by atoms with E-state index in [4.69, 9.17) is 0 Å². The Morgan fingerprint density at radius 3 is 2.59 bits per heavy atom. The minimum atomic E-state index is 0.668. The highest BCUT2D eigenvalue weighted by Crippen LogP contribution is 2.21. The second-order valence-electron chi connectivity index (χ2n) is 6.30. The summed E-state index contributed by atoms with van der Waals surface area (Å²) in [7, 11) is 0. The van der Waals surface area contributed by atoms with Gasteiger partial charge >= 0.3 is 0 Å². The number of aromatic nitrogens is 1. The molecule has 0 radical (unpaired) electrons. The molecule has 1 N–H and O–H groups in total. The summed E-state index contributed by atoms with van der Waals surface area (Å²) in [4.78, 5) is 10.5. The van der Waals surface area contributed by atoms with Crippen LogP contribution >= 0.6 is 11.3 Å². The Balaban J connectivity index is 1.67. The van der Waals surface area contributed by atoms with Gasteiger partial charge in [-0.1, -0.05) is 47.7 Å². The van der Waals surface area contributed by atoms with Gasteiger partial charge in [-0.05, 0) is 37.1 Å². The van der Waals surface area contributed by atoms with E-state index < -0.39 is 0 Å². The lowest BCUT2D eigenvalue weighted by molar-refractivity contribution is -0.669. The lowest BCUT2D eigenvalue weighted by atomic mass is 10.2. The number of nitrogens with zero attached hydrogens (tertiary/aromatic N) is 1. The van der Waals surface area contributed by atoms with Gasteiger partial charge in [-0.25, -0.2) is 0 Å². The van der Waals surface area contributed by atoms with Crippen LogP contribution in [0, 0.1) is 0 Å². The molecule has 0 aliphatic carbocycles. The van der Waals surface area contributed by atoms with Crippen LogP contribution in [0.2, 0.25) is 0 Å². The minimum absolute atomic E-state index is 0.668. The molecule has 2 aromatic carbocycles.